The quantitative estimate of drug-likeness (QED) is 0.797. The van der Waals surface area contributed by atoms with Gasteiger partial charge in [-0.3, -0.25) is 14.4 Å². The van der Waals surface area contributed by atoms with Crippen LogP contribution in [0.3, 0.4) is 0 Å². The first-order valence-electron chi connectivity index (χ1n) is 8.13. The van der Waals surface area contributed by atoms with Gasteiger partial charge in [0, 0.05) is 16.2 Å². The predicted molar refractivity (Wildman–Crippen MR) is 103 cm³/mol. The SMILES string of the molecule is O=C(Cn1ncc2c(c1=O)N(C1CC1)C(=O)CS2)Nc1ccc(Br)cc1. The summed E-state index contributed by atoms with van der Waals surface area (Å²) in [5, 5.41) is 6.84. The van der Waals surface area contributed by atoms with Crippen LogP contribution in [-0.2, 0) is 16.1 Å². The molecule has 0 spiro atoms. The largest absolute Gasteiger partial charge is 0.324 e. The van der Waals surface area contributed by atoms with E-state index >= 15 is 0 Å². The van der Waals surface area contributed by atoms with Gasteiger partial charge in [-0.25, -0.2) is 4.68 Å². The molecule has 0 atom stereocenters. The smallest absolute Gasteiger partial charge is 0.292 e. The second-order valence-electron chi connectivity index (χ2n) is 6.16. The van der Waals surface area contributed by atoms with E-state index in [0.29, 0.717) is 22.0 Å². The van der Waals surface area contributed by atoms with E-state index in [9.17, 15) is 14.4 Å². The van der Waals surface area contributed by atoms with Gasteiger partial charge in [-0.1, -0.05) is 15.9 Å². The minimum atomic E-state index is -0.402. The highest BCUT2D eigenvalue weighted by Gasteiger charge is 2.39. The number of rotatable bonds is 4. The Morgan fingerprint density at radius 3 is 2.69 bits per heavy atom. The van der Waals surface area contributed by atoms with Crippen LogP contribution in [0.1, 0.15) is 12.8 Å². The van der Waals surface area contributed by atoms with Gasteiger partial charge in [0.15, 0.2) is 0 Å². The van der Waals surface area contributed by atoms with Gasteiger partial charge in [-0.2, -0.15) is 5.10 Å². The van der Waals surface area contributed by atoms with E-state index in [4.69, 9.17) is 0 Å². The first-order valence-corrected chi connectivity index (χ1v) is 9.91. The van der Waals surface area contributed by atoms with Crippen molar-refractivity contribution in [2.24, 2.45) is 0 Å². The highest BCUT2D eigenvalue weighted by Crippen LogP contribution is 2.38. The van der Waals surface area contributed by atoms with E-state index in [1.807, 2.05) is 12.1 Å². The van der Waals surface area contributed by atoms with Gasteiger partial charge in [-0.15, -0.1) is 11.8 Å². The maximum Gasteiger partial charge on any atom is 0.292 e. The molecular weight excluding hydrogens is 420 g/mol. The number of carbonyl (C=O) groups excluding carboxylic acids is 2. The molecule has 1 aromatic carbocycles. The van der Waals surface area contributed by atoms with E-state index in [1.54, 1.807) is 23.2 Å². The summed E-state index contributed by atoms with van der Waals surface area (Å²) in [5.41, 5.74) is 0.593. The molecule has 2 aromatic rings. The summed E-state index contributed by atoms with van der Waals surface area (Å²) in [7, 11) is 0. The van der Waals surface area contributed by atoms with E-state index in [-0.39, 0.29) is 24.4 Å². The second-order valence-corrected chi connectivity index (χ2v) is 8.09. The lowest BCUT2D eigenvalue weighted by atomic mass is 10.3. The maximum absolute atomic E-state index is 12.8. The number of halogens is 1. The highest BCUT2D eigenvalue weighted by molar-refractivity contribution is 9.10. The topological polar surface area (TPSA) is 84.3 Å². The molecule has 0 saturated heterocycles. The maximum atomic E-state index is 12.8. The van der Waals surface area contributed by atoms with Crippen LogP contribution >= 0.6 is 27.7 Å². The molecule has 1 fully saturated rings. The molecule has 0 radical (unpaired) electrons. The fraction of sp³-hybridized carbons (Fsp3) is 0.294. The summed E-state index contributed by atoms with van der Waals surface area (Å²) < 4.78 is 2.02. The minimum absolute atomic E-state index is 0.0563. The molecule has 1 N–H and O–H groups in total. The minimum Gasteiger partial charge on any atom is -0.324 e. The van der Waals surface area contributed by atoms with Crippen molar-refractivity contribution in [1.82, 2.24) is 9.78 Å². The lowest BCUT2D eigenvalue weighted by molar-refractivity contribution is -0.117. The van der Waals surface area contributed by atoms with Crippen LogP contribution in [-0.4, -0.2) is 33.4 Å². The number of amides is 2. The Hall–Kier alpha value is -2.13. The summed E-state index contributed by atoms with van der Waals surface area (Å²) in [4.78, 5) is 39.7. The normalized spacial score (nSPS) is 16.3. The number of fused-ring (bicyclic) bond motifs is 1. The number of hydrogen-bond acceptors (Lipinski definition) is 5. The fourth-order valence-electron chi connectivity index (χ4n) is 2.83. The average molecular weight is 435 g/mol. The zero-order valence-corrected chi connectivity index (χ0v) is 16.0. The molecule has 1 aliphatic heterocycles. The molecular formula is C17H15BrN4O3S. The molecule has 0 unspecified atom stereocenters. The third-order valence-corrected chi connectivity index (χ3v) is 5.71. The number of benzene rings is 1. The zero-order valence-electron chi connectivity index (χ0n) is 13.6. The molecule has 1 aromatic heterocycles. The van der Waals surface area contributed by atoms with Crippen molar-refractivity contribution >= 4 is 50.9 Å². The van der Waals surface area contributed by atoms with Crippen LogP contribution in [0.4, 0.5) is 11.4 Å². The summed E-state index contributed by atoms with van der Waals surface area (Å²) >= 11 is 4.65. The van der Waals surface area contributed by atoms with Crippen LogP contribution in [0.2, 0.25) is 0 Å². The number of anilines is 2. The molecule has 2 aliphatic rings. The molecule has 2 amide bonds. The Labute approximate surface area is 161 Å². The molecule has 134 valence electrons. The molecule has 4 rings (SSSR count). The van der Waals surface area contributed by atoms with Crippen molar-refractivity contribution < 1.29 is 9.59 Å². The van der Waals surface area contributed by atoms with E-state index in [0.717, 1.165) is 22.0 Å². The van der Waals surface area contributed by atoms with Crippen molar-refractivity contribution in [3.8, 4) is 0 Å². The Kier molecular flexibility index (Phi) is 4.58. The van der Waals surface area contributed by atoms with Gasteiger partial charge in [0.2, 0.25) is 11.8 Å². The lowest BCUT2D eigenvalue weighted by Gasteiger charge is -2.28. The molecule has 9 heteroatoms. The second kappa shape index (κ2) is 6.88. The first kappa shape index (κ1) is 17.3. The number of hydrogen-bond donors (Lipinski definition) is 1. The van der Waals surface area contributed by atoms with Gasteiger partial charge in [0.05, 0.1) is 16.8 Å². The average Bonchev–Trinajstić information content (AvgIpc) is 3.44. The predicted octanol–water partition coefficient (Wildman–Crippen LogP) is 2.25. The Balaban J connectivity index is 1.58. The first-order chi connectivity index (χ1) is 12.5. The van der Waals surface area contributed by atoms with Gasteiger partial charge in [0.1, 0.15) is 12.2 Å². The van der Waals surface area contributed by atoms with Crippen molar-refractivity contribution in [2.45, 2.75) is 30.3 Å². The molecule has 0 bridgehead atoms. The summed E-state index contributed by atoms with van der Waals surface area (Å²) in [6.45, 7) is -0.209. The molecule has 7 nitrogen and oxygen atoms in total. The number of aromatic nitrogens is 2. The molecule has 2 heterocycles. The Morgan fingerprint density at radius 2 is 2.00 bits per heavy atom. The van der Waals surface area contributed by atoms with Crippen molar-refractivity contribution in [3.63, 3.8) is 0 Å². The Morgan fingerprint density at radius 1 is 1.27 bits per heavy atom. The zero-order chi connectivity index (χ0) is 18.3. The fourth-order valence-corrected chi connectivity index (χ4v) is 3.95. The van der Waals surface area contributed by atoms with E-state index in [2.05, 4.69) is 26.3 Å². The van der Waals surface area contributed by atoms with Gasteiger partial charge in [-0.05, 0) is 37.1 Å². The summed E-state index contributed by atoms with van der Waals surface area (Å²) in [5.74, 6) is -0.0904. The number of thioether (sulfide) groups is 1. The summed E-state index contributed by atoms with van der Waals surface area (Å²) in [6, 6.07) is 7.25. The third-order valence-electron chi connectivity index (χ3n) is 4.18. The molecule has 1 aliphatic carbocycles. The molecule has 26 heavy (non-hydrogen) atoms. The third kappa shape index (κ3) is 3.41. The van der Waals surface area contributed by atoms with Crippen molar-refractivity contribution in [2.75, 3.05) is 16.0 Å². The highest BCUT2D eigenvalue weighted by atomic mass is 79.9. The van der Waals surface area contributed by atoms with Crippen LogP contribution in [0, 0.1) is 0 Å². The number of nitrogens with one attached hydrogen (secondary N) is 1. The van der Waals surface area contributed by atoms with Crippen LogP contribution in [0.15, 0.2) is 44.6 Å². The van der Waals surface area contributed by atoms with Crippen molar-refractivity contribution in [1.29, 1.82) is 0 Å². The Bertz CT molecular complexity index is 940. The number of carbonyl (C=O) groups is 2. The van der Waals surface area contributed by atoms with Gasteiger partial charge < -0.3 is 10.2 Å². The van der Waals surface area contributed by atoms with Gasteiger partial charge in [0.25, 0.3) is 5.56 Å². The standard InChI is InChI=1S/C17H15BrN4O3S/c18-10-1-3-11(4-2-10)20-14(23)8-21-17(25)16-13(7-19-21)26-9-15(24)22(16)12-5-6-12/h1-4,7,12H,5-6,8-9H2,(H,20,23). The van der Waals surface area contributed by atoms with Crippen molar-refractivity contribution in [3.05, 3.63) is 45.3 Å². The van der Waals surface area contributed by atoms with Crippen LogP contribution in [0.25, 0.3) is 0 Å². The van der Waals surface area contributed by atoms with Gasteiger partial charge >= 0.3 is 0 Å². The molecule has 1 saturated carbocycles. The van der Waals surface area contributed by atoms with Crippen LogP contribution < -0.4 is 15.8 Å². The van der Waals surface area contributed by atoms with E-state index in [1.165, 1.54) is 11.8 Å². The van der Waals surface area contributed by atoms with E-state index < -0.39 is 5.56 Å². The number of nitrogens with zero attached hydrogens (tertiary/aromatic N) is 3. The monoisotopic (exact) mass is 434 g/mol. The summed E-state index contributed by atoms with van der Waals surface area (Å²) in [6.07, 6.45) is 3.37. The lowest BCUT2D eigenvalue weighted by Crippen LogP contribution is -2.43. The van der Waals surface area contributed by atoms with Crippen LogP contribution in [0.5, 0.6) is 0 Å².